The highest BCUT2D eigenvalue weighted by Crippen LogP contribution is 2.19. The largest absolute Gasteiger partial charge is 0.480 e. The number of rotatable bonds is 5. The molecule has 0 aromatic heterocycles. The van der Waals surface area contributed by atoms with E-state index < -0.39 is 33.6 Å². The van der Waals surface area contributed by atoms with Gasteiger partial charge in [0.1, 0.15) is 11.9 Å². The van der Waals surface area contributed by atoms with E-state index in [1.54, 1.807) is 0 Å². The molecule has 1 atom stereocenters. The SMILES string of the molecule is CC(C(=O)O)N(C)S(=O)(=O)Cc1ccc(F)c(Cl)c1. The van der Waals surface area contributed by atoms with Crippen LogP contribution in [0.2, 0.25) is 5.02 Å². The minimum atomic E-state index is -3.82. The number of aliphatic carboxylic acids is 1. The molecule has 0 aliphatic carbocycles. The van der Waals surface area contributed by atoms with Crippen LogP contribution in [-0.4, -0.2) is 36.9 Å². The topological polar surface area (TPSA) is 74.7 Å². The zero-order valence-electron chi connectivity index (χ0n) is 10.3. The molecule has 1 unspecified atom stereocenters. The first-order valence-corrected chi connectivity index (χ1v) is 7.26. The number of carboxylic acids is 1. The highest BCUT2D eigenvalue weighted by molar-refractivity contribution is 7.88. The maximum absolute atomic E-state index is 13.0. The summed E-state index contributed by atoms with van der Waals surface area (Å²) in [6.45, 7) is 1.26. The molecule has 0 bridgehead atoms. The predicted molar refractivity (Wildman–Crippen MR) is 68.9 cm³/mol. The van der Waals surface area contributed by atoms with Gasteiger partial charge in [0.15, 0.2) is 0 Å². The zero-order chi connectivity index (χ0) is 14.8. The van der Waals surface area contributed by atoms with E-state index in [1.807, 2.05) is 0 Å². The molecule has 0 aliphatic rings. The second-order valence-electron chi connectivity index (χ2n) is 4.04. The summed E-state index contributed by atoms with van der Waals surface area (Å²) < 4.78 is 37.6. The van der Waals surface area contributed by atoms with Crippen LogP contribution in [0, 0.1) is 5.82 Å². The van der Waals surface area contributed by atoms with Crippen LogP contribution in [0.5, 0.6) is 0 Å². The second-order valence-corrected chi connectivity index (χ2v) is 6.47. The van der Waals surface area contributed by atoms with E-state index in [0.717, 1.165) is 10.4 Å². The average Bonchev–Trinajstić information content (AvgIpc) is 2.31. The van der Waals surface area contributed by atoms with Gasteiger partial charge in [-0.15, -0.1) is 0 Å². The van der Waals surface area contributed by atoms with E-state index in [-0.39, 0.29) is 10.6 Å². The molecular weight excluding hydrogens is 297 g/mol. The number of carbonyl (C=O) groups is 1. The Morgan fingerprint density at radius 2 is 2.11 bits per heavy atom. The normalized spacial score (nSPS) is 13.5. The van der Waals surface area contributed by atoms with Crippen molar-refractivity contribution in [2.75, 3.05) is 7.05 Å². The Balaban J connectivity index is 2.96. The zero-order valence-corrected chi connectivity index (χ0v) is 11.9. The molecule has 1 rings (SSSR count). The summed E-state index contributed by atoms with van der Waals surface area (Å²) >= 11 is 5.56. The van der Waals surface area contributed by atoms with Crippen molar-refractivity contribution in [3.63, 3.8) is 0 Å². The number of likely N-dealkylation sites (N-methyl/N-ethyl adjacent to an activating group) is 1. The fourth-order valence-corrected chi connectivity index (χ4v) is 2.92. The summed E-state index contributed by atoms with van der Waals surface area (Å²) in [5.74, 6) is -2.33. The molecule has 8 heteroatoms. The predicted octanol–water partition coefficient (Wildman–Crippen LogP) is 1.71. The Hall–Kier alpha value is -1.18. The third kappa shape index (κ3) is 3.89. The van der Waals surface area contributed by atoms with Crippen molar-refractivity contribution in [3.8, 4) is 0 Å². The maximum Gasteiger partial charge on any atom is 0.321 e. The average molecular weight is 310 g/mol. The molecule has 106 valence electrons. The number of hydrogen-bond donors (Lipinski definition) is 1. The van der Waals surface area contributed by atoms with E-state index in [0.29, 0.717) is 0 Å². The molecule has 1 aromatic rings. The van der Waals surface area contributed by atoms with Crippen LogP contribution in [0.4, 0.5) is 4.39 Å². The molecule has 0 amide bonds. The van der Waals surface area contributed by atoms with Crippen LogP contribution < -0.4 is 0 Å². The first-order valence-electron chi connectivity index (χ1n) is 5.27. The lowest BCUT2D eigenvalue weighted by Crippen LogP contribution is -2.40. The van der Waals surface area contributed by atoms with Gasteiger partial charge in [0.2, 0.25) is 10.0 Å². The summed E-state index contributed by atoms with van der Waals surface area (Å²) in [6.07, 6.45) is 0. The van der Waals surface area contributed by atoms with Crippen molar-refractivity contribution in [3.05, 3.63) is 34.6 Å². The van der Waals surface area contributed by atoms with Gasteiger partial charge < -0.3 is 5.11 Å². The fraction of sp³-hybridized carbons (Fsp3) is 0.364. The third-order valence-corrected chi connectivity index (χ3v) is 4.86. The molecule has 0 spiro atoms. The van der Waals surface area contributed by atoms with E-state index >= 15 is 0 Å². The number of sulfonamides is 1. The maximum atomic E-state index is 13.0. The van der Waals surface area contributed by atoms with Gasteiger partial charge in [-0.1, -0.05) is 17.7 Å². The molecule has 0 heterocycles. The van der Waals surface area contributed by atoms with Crippen molar-refractivity contribution < 1.29 is 22.7 Å². The van der Waals surface area contributed by atoms with Crippen molar-refractivity contribution in [1.29, 1.82) is 0 Å². The Morgan fingerprint density at radius 1 is 1.53 bits per heavy atom. The van der Waals surface area contributed by atoms with Gasteiger partial charge in [-0.3, -0.25) is 4.79 Å². The van der Waals surface area contributed by atoms with Crippen LogP contribution in [-0.2, 0) is 20.6 Å². The van der Waals surface area contributed by atoms with Crippen LogP contribution in [0.1, 0.15) is 12.5 Å². The van der Waals surface area contributed by atoms with Gasteiger partial charge in [-0.2, -0.15) is 4.31 Å². The Morgan fingerprint density at radius 3 is 2.58 bits per heavy atom. The van der Waals surface area contributed by atoms with Crippen LogP contribution >= 0.6 is 11.6 Å². The number of carboxylic acid groups (broad SMARTS) is 1. The van der Waals surface area contributed by atoms with Crippen molar-refractivity contribution >= 4 is 27.6 Å². The molecule has 19 heavy (non-hydrogen) atoms. The lowest BCUT2D eigenvalue weighted by Gasteiger charge is -2.21. The Labute approximate surface area is 115 Å². The summed E-state index contributed by atoms with van der Waals surface area (Å²) in [7, 11) is -2.64. The smallest absolute Gasteiger partial charge is 0.321 e. The van der Waals surface area contributed by atoms with Crippen LogP contribution in [0.25, 0.3) is 0 Å². The summed E-state index contributed by atoms with van der Waals surface area (Å²) in [4.78, 5) is 10.8. The second kappa shape index (κ2) is 5.85. The van der Waals surface area contributed by atoms with E-state index in [1.165, 1.54) is 26.1 Å². The van der Waals surface area contributed by atoms with Gasteiger partial charge in [-0.25, -0.2) is 12.8 Å². The van der Waals surface area contributed by atoms with Gasteiger partial charge >= 0.3 is 5.97 Å². The summed E-state index contributed by atoms with van der Waals surface area (Å²) in [6, 6.07) is 2.38. The first kappa shape index (κ1) is 15.9. The molecule has 1 aromatic carbocycles. The van der Waals surface area contributed by atoms with Crippen molar-refractivity contribution in [2.45, 2.75) is 18.7 Å². The quantitative estimate of drug-likeness (QED) is 0.898. The molecule has 0 fully saturated rings. The van der Waals surface area contributed by atoms with E-state index in [2.05, 4.69) is 0 Å². The molecule has 0 aliphatic heterocycles. The number of hydrogen-bond acceptors (Lipinski definition) is 3. The van der Waals surface area contributed by atoms with Gasteiger partial charge in [0, 0.05) is 7.05 Å². The van der Waals surface area contributed by atoms with Crippen molar-refractivity contribution in [1.82, 2.24) is 4.31 Å². The highest BCUT2D eigenvalue weighted by atomic mass is 35.5. The summed E-state index contributed by atoms with van der Waals surface area (Å²) in [5, 5.41) is 8.61. The molecule has 0 radical (unpaired) electrons. The standard InChI is InChI=1S/C11H13ClFNO4S/c1-7(11(15)16)14(2)19(17,18)6-8-3-4-10(13)9(12)5-8/h3-5,7H,6H2,1-2H3,(H,15,16). The molecule has 0 saturated heterocycles. The minimum Gasteiger partial charge on any atom is -0.480 e. The van der Waals surface area contributed by atoms with Crippen LogP contribution in [0.3, 0.4) is 0 Å². The number of nitrogens with zero attached hydrogens (tertiary/aromatic N) is 1. The molecule has 0 saturated carbocycles. The Kier molecular flexibility index (Phi) is 4.89. The lowest BCUT2D eigenvalue weighted by atomic mass is 10.2. The monoisotopic (exact) mass is 309 g/mol. The van der Waals surface area contributed by atoms with Gasteiger partial charge in [0.05, 0.1) is 10.8 Å². The van der Waals surface area contributed by atoms with Gasteiger partial charge in [-0.05, 0) is 24.6 Å². The van der Waals surface area contributed by atoms with E-state index in [4.69, 9.17) is 16.7 Å². The first-order chi connectivity index (χ1) is 8.65. The van der Waals surface area contributed by atoms with E-state index in [9.17, 15) is 17.6 Å². The molecule has 1 N–H and O–H groups in total. The number of benzene rings is 1. The minimum absolute atomic E-state index is 0.179. The van der Waals surface area contributed by atoms with Crippen LogP contribution in [0.15, 0.2) is 18.2 Å². The highest BCUT2D eigenvalue weighted by Gasteiger charge is 2.28. The fourth-order valence-electron chi connectivity index (χ4n) is 1.34. The molecule has 5 nitrogen and oxygen atoms in total. The van der Waals surface area contributed by atoms with Crippen molar-refractivity contribution in [2.24, 2.45) is 0 Å². The van der Waals surface area contributed by atoms with Gasteiger partial charge in [0.25, 0.3) is 0 Å². The number of halogens is 2. The Bertz CT molecular complexity index is 590. The summed E-state index contributed by atoms with van der Waals surface area (Å²) in [5.41, 5.74) is 0.288. The lowest BCUT2D eigenvalue weighted by molar-refractivity contribution is -0.140. The molecular formula is C11H13ClFNO4S. The third-order valence-electron chi connectivity index (χ3n) is 2.67.